The molecule has 0 aromatic heterocycles. The molecule has 0 fully saturated rings. The average Bonchev–Trinajstić information content (AvgIpc) is 2.39. The van der Waals surface area contributed by atoms with Crippen LogP contribution in [0.4, 0.5) is 0 Å². The van der Waals surface area contributed by atoms with E-state index in [1.165, 1.54) is 7.11 Å². The van der Waals surface area contributed by atoms with E-state index in [0.29, 0.717) is 6.42 Å². The number of ether oxygens (including phenoxy) is 2. The number of hydrogen-bond donors (Lipinski definition) is 0. The lowest BCUT2D eigenvalue weighted by Crippen LogP contribution is -2.11. The molecule has 0 aliphatic heterocycles. The fraction of sp³-hybridized carbons (Fsp3) is 0.500. The van der Waals surface area contributed by atoms with Gasteiger partial charge in [0.1, 0.15) is 5.75 Å². The van der Waals surface area contributed by atoms with Crippen molar-refractivity contribution in [3.8, 4) is 5.75 Å². The summed E-state index contributed by atoms with van der Waals surface area (Å²) in [4.78, 5) is 12.5. The Morgan fingerprint density at radius 3 is 2.67 bits per heavy atom. The minimum Gasteiger partial charge on any atom is -0.496 e. The van der Waals surface area contributed by atoms with Gasteiger partial charge in [0, 0.05) is 15.7 Å². The van der Waals surface area contributed by atoms with Gasteiger partial charge in [-0.05, 0) is 25.5 Å². The molecule has 0 aliphatic carbocycles. The van der Waals surface area contributed by atoms with E-state index < -0.39 is 0 Å². The van der Waals surface area contributed by atoms with Gasteiger partial charge in [-0.15, -0.1) is 11.8 Å². The summed E-state index contributed by atoms with van der Waals surface area (Å²) in [7, 11) is 3.10. The van der Waals surface area contributed by atoms with Crippen molar-refractivity contribution in [1.29, 1.82) is 0 Å². The van der Waals surface area contributed by atoms with Crippen LogP contribution >= 0.6 is 11.8 Å². The molecule has 1 rings (SSSR count). The second-order valence-electron chi connectivity index (χ2n) is 4.01. The van der Waals surface area contributed by atoms with Crippen molar-refractivity contribution < 1.29 is 14.3 Å². The normalized spacial score (nSPS) is 12.0. The first kappa shape index (κ1) is 14.9. The highest BCUT2D eigenvalue weighted by molar-refractivity contribution is 8.00. The van der Waals surface area contributed by atoms with Gasteiger partial charge in [-0.3, -0.25) is 4.79 Å². The van der Waals surface area contributed by atoms with Crippen LogP contribution in [0.2, 0.25) is 0 Å². The summed E-state index contributed by atoms with van der Waals surface area (Å²) in [6, 6.07) is 5.97. The van der Waals surface area contributed by atoms with Crippen LogP contribution in [0.1, 0.15) is 25.3 Å². The highest BCUT2D eigenvalue weighted by Crippen LogP contribution is 2.34. The third-order valence-corrected chi connectivity index (χ3v) is 4.35. The van der Waals surface area contributed by atoms with Gasteiger partial charge in [0.2, 0.25) is 0 Å². The molecule has 100 valence electrons. The average molecular weight is 268 g/mol. The highest BCUT2D eigenvalue weighted by atomic mass is 32.2. The lowest BCUT2D eigenvalue weighted by atomic mass is 10.2. The van der Waals surface area contributed by atoms with Crippen LogP contribution in [0.3, 0.4) is 0 Å². The van der Waals surface area contributed by atoms with Gasteiger partial charge in [-0.2, -0.15) is 0 Å². The molecule has 18 heavy (non-hydrogen) atoms. The van der Waals surface area contributed by atoms with Crippen molar-refractivity contribution in [1.82, 2.24) is 0 Å². The molecule has 1 unspecified atom stereocenters. The second kappa shape index (κ2) is 7.31. The molecule has 0 N–H and O–H groups in total. The van der Waals surface area contributed by atoms with Crippen LogP contribution in [0.15, 0.2) is 23.1 Å². The first-order valence-corrected chi connectivity index (χ1v) is 6.87. The van der Waals surface area contributed by atoms with Crippen LogP contribution in [0, 0.1) is 6.92 Å². The van der Waals surface area contributed by atoms with E-state index in [1.807, 2.05) is 19.1 Å². The molecule has 0 saturated carbocycles. The molecular formula is C14H20O3S. The second-order valence-corrected chi connectivity index (χ2v) is 5.35. The van der Waals surface area contributed by atoms with Crippen molar-refractivity contribution in [2.24, 2.45) is 0 Å². The molecule has 0 bridgehead atoms. The summed E-state index contributed by atoms with van der Waals surface area (Å²) >= 11 is 1.71. The summed E-state index contributed by atoms with van der Waals surface area (Å²) < 4.78 is 10.0. The first-order valence-electron chi connectivity index (χ1n) is 5.99. The Morgan fingerprint density at radius 1 is 1.39 bits per heavy atom. The Morgan fingerprint density at radius 2 is 2.11 bits per heavy atom. The zero-order valence-corrected chi connectivity index (χ0v) is 12.2. The molecule has 0 heterocycles. The van der Waals surface area contributed by atoms with Crippen molar-refractivity contribution in [3.63, 3.8) is 0 Å². The largest absolute Gasteiger partial charge is 0.496 e. The number of carbonyl (C=O) groups excluding carboxylic acids is 1. The third-order valence-electron chi connectivity index (χ3n) is 2.83. The standard InChI is InChI=1S/C14H20O3S/c1-5-11(9-14(15)17-4)18-13-8-6-7-12(16-3)10(13)2/h6-8,11H,5,9H2,1-4H3. The van der Waals surface area contributed by atoms with E-state index >= 15 is 0 Å². The van der Waals surface area contributed by atoms with Gasteiger partial charge in [0.05, 0.1) is 20.6 Å². The molecule has 1 aromatic rings. The summed E-state index contributed by atoms with van der Waals surface area (Å²) in [6.07, 6.45) is 1.37. The van der Waals surface area contributed by atoms with Crippen LogP contribution in [0.5, 0.6) is 5.75 Å². The molecule has 1 atom stereocenters. The van der Waals surface area contributed by atoms with Crippen LogP contribution in [0.25, 0.3) is 0 Å². The van der Waals surface area contributed by atoms with E-state index in [0.717, 1.165) is 22.6 Å². The van der Waals surface area contributed by atoms with Gasteiger partial charge >= 0.3 is 5.97 Å². The van der Waals surface area contributed by atoms with Crippen molar-refractivity contribution >= 4 is 17.7 Å². The van der Waals surface area contributed by atoms with Crippen molar-refractivity contribution in [3.05, 3.63) is 23.8 Å². The highest BCUT2D eigenvalue weighted by Gasteiger charge is 2.15. The monoisotopic (exact) mass is 268 g/mol. The first-order chi connectivity index (χ1) is 8.62. The molecular weight excluding hydrogens is 248 g/mol. The number of esters is 1. The van der Waals surface area contributed by atoms with Gasteiger partial charge in [-0.25, -0.2) is 0 Å². The molecule has 3 nitrogen and oxygen atoms in total. The molecule has 0 saturated heterocycles. The Balaban J connectivity index is 2.78. The summed E-state index contributed by atoms with van der Waals surface area (Å²) in [5.74, 6) is 0.725. The summed E-state index contributed by atoms with van der Waals surface area (Å²) in [5, 5.41) is 0.239. The molecule has 0 spiro atoms. The molecule has 0 aliphatic rings. The van der Waals surface area contributed by atoms with Crippen LogP contribution in [-0.2, 0) is 9.53 Å². The zero-order chi connectivity index (χ0) is 13.5. The zero-order valence-electron chi connectivity index (χ0n) is 11.4. The van der Waals surface area contributed by atoms with Crippen molar-refractivity contribution in [2.75, 3.05) is 14.2 Å². The van der Waals surface area contributed by atoms with Gasteiger partial charge in [0.25, 0.3) is 0 Å². The number of hydrogen-bond acceptors (Lipinski definition) is 4. The molecule has 0 amide bonds. The Labute approximate surface area is 113 Å². The topological polar surface area (TPSA) is 35.5 Å². The fourth-order valence-electron chi connectivity index (χ4n) is 1.66. The smallest absolute Gasteiger partial charge is 0.306 e. The van der Waals surface area contributed by atoms with Crippen LogP contribution < -0.4 is 4.74 Å². The maximum Gasteiger partial charge on any atom is 0.306 e. The molecule has 4 heteroatoms. The quantitative estimate of drug-likeness (QED) is 0.585. The lowest BCUT2D eigenvalue weighted by molar-refractivity contribution is -0.140. The Kier molecular flexibility index (Phi) is 6.05. The number of benzene rings is 1. The van der Waals surface area contributed by atoms with Crippen molar-refractivity contribution in [2.45, 2.75) is 36.8 Å². The van der Waals surface area contributed by atoms with Gasteiger partial charge in [-0.1, -0.05) is 13.0 Å². The van der Waals surface area contributed by atoms with Crippen LogP contribution in [-0.4, -0.2) is 25.4 Å². The van der Waals surface area contributed by atoms with E-state index in [-0.39, 0.29) is 11.2 Å². The maximum atomic E-state index is 11.3. The summed E-state index contributed by atoms with van der Waals surface area (Å²) in [6.45, 7) is 4.11. The van der Waals surface area contributed by atoms with Gasteiger partial charge < -0.3 is 9.47 Å². The van der Waals surface area contributed by atoms with E-state index in [4.69, 9.17) is 9.47 Å². The Bertz CT molecular complexity index is 404. The number of rotatable bonds is 6. The predicted molar refractivity (Wildman–Crippen MR) is 74.3 cm³/mol. The van der Waals surface area contributed by atoms with E-state index in [2.05, 4.69) is 13.0 Å². The third kappa shape index (κ3) is 3.95. The lowest BCUT2D eigenvalue weighted by Gasteiger charge is -2.16. The van der Waals surface area contributed by atoms with E-state index in [1.54, 1.807) is 18.9 Å². The minimum atomic E-state index is -0.158. The number of carbonyl (C=O) groups is 1. The number of thioether (sulfide) groups is 1. The SMILES string of the molecule is CCC(CC(=O)OC)Sc1cccc(OC)c1C. The van der Waals surface area contributed by atoms with E-state index in [9.17, 15) is 4.79 Å². The molecule has 0 radical (unpaired) electrons. The predicted octanol–water partition coefficient (Wildman–Crippen LogP) is 3.44. The summed E-state index contributed by atoms with van der Waals surface area (Å²) in [5.41, 5.74) is 1.12. The Hall–Kier alpha value is -1.16. The van der Waals surface area contributed by atoms with Gasteiger partial charge in [0.15, 0.2) is 0 Å². The number of methoxy groups -OCH3 is 2. The molecule has 1 aromatic carbocycles. The fourth-order valence-corrected chi connectivity index (χ4v) is 2.84. The minimum absolute atomic E-state index is 0.158. The maximum absolute atomic E-state index is 11.3.